The summed E-state index contributed by atoms with van der Waals surface area (Å²) < 4.78 is 22.8. The largest absolute Gasteiger partial charge is 0.376 e. The van der Waals surface area contributed by atoms with Crippen molar-refractivity contribution in [2.75, 3.05) is 6.61 Å². The molecule has 1 saturated heterocycles. The minimum Gasteiger partial charge on any atom is -0.376 e. The van der Waals surface area contributed by atoms with E-state index in [1.807, 2.05) is 23.6 Å². The highest BCUT2D eigenvalue weighted by Crippen LogP contribution is 2.28. The Balaban J connectivity index is 1.44. The molecule has 1 atom stereocenters. The molecule has 1 aliphatic rings. The van der Waals surface area contributed by atoms with Gasteiger partial charge in [0.05, 0.1) is 18.3 Å². The Kier molecular flexibility index (Phi) is 5.75. The molecule has 1 fully saturated rings. The van der Waals surface area contributed by atoms with E-state index in [4.69, 9.17) is 4.74 Å². The van der Waals surface area contributed by atoms with Crippen LogP contribution in [0.2, 0.25) is 0 Å². The van der Waals surface area contributed by atoms with Crippen LogP contribution >= 0.6 is 11.8 Å². The zero-order chi connectivity index (χ0) is 22.1. The van der Waals surface area contributed by atoms with Crippen LogP contribution in [0.3, 0.4) is 0 Å². The summed E-state index contributed by atoms with van der Waals surface area (Å²) in [4.78, 5) is 17.1. The SMILES string of the molecule is Cc1ccc2nc(CSc3nnc(-c4ccc(F)cc4)n3C[C@@H]3CCCO3)cc(=O)n2c1. The summed E-state index contributed by atoms with van der Waals surface area (Å²) in [5.74, 6) is 0.856. The number of aromatic nitrogens is 5. The monoisotopic (exact) mass is 451 g/mol. The summed E-state index contributed by atoms with van der Waals surface area (Å²) >= 11 is 1.47. The number of thioether (sulfide) groups is 1. The molecule has 4 heterocycles. The van der Waals surface area contributed by atoms with Gasteiger partial charge in [0.15, 0.2) is 11.0 Å². The Labute approximate surface area is 188 Å². The van der Waals surface area contributed by atoms with E-state index in [2.05, 4.69) is 15.2 Å². The van der Waals surface area contributed by atoms with Crippen molar-refractivity contribution in [1.82, 2.24) is 24.1 Å². The van der Waals surface area contributed by atoms with E-state index in [9.17, 15) is 9.18 Å². The first-order valence-electron chi connectivity index (χ1n) is 10.5. The summed E-state index contributed by atoms with van der Waals surface area (Å²) in [7, 11) is 0. The van der Waals surface area contributed by atoms with Gasteiger partial charge in [0, 0.05) is 30.2 Å². The number of pyridine rings is 1. The highest BCUT2D eigenvalue weighted by atomic mass is 32.2. The van der Waals surface area contributed by atoms with E-state index in [0.29, 0.717) is 34.6 Å². The first-order valence-corrected chi connectivity index (χ1v) is 11.5. The molecule has 7 nitrogen and oxygen atoms in total. The maximum Gasteiger partial charge on any atom is 0.258 e. The van der Waals surface area contributed by atoms with E-state index in [0.717, 1.165) is 30.6 Å². The lowest BCUT2D eigenvalue weighted by Gasteiger charge is -2.14. The molecule has 0 unspecified atom stereocenters. The zero-order valence-electron chi connectivity index (χ0n) is 17.6. The van der Waals surface area contributed by atoms with Crippen molar-refractivity contribution >= 4 is 17.4 Å². The molecule has 0 spiro atoms. The normalized spacial score (nSPS) is 16.1. The fourth-order valence-electron chi connectivity index (χ4n) is 3.84. The average Bonchev–Trinajstić information content (AvgIpc) is 3.44. The van der Waals surface area contributed by atoms with Gasteiger partial charge in [-0.2, -0.15) is 0 Å². The molecule has 0 N–H and O–H groups in total. The molecule has 0 saturated carbocycles. The van der Waals surface area contributed by atoms with Crippen molar-refractivity contribution in [3.63, 3.8) is 0 Å². The van der Waals surface area contributed by atoms with Crippen molar-refractivity contribution in [2.24, 2.45) is 0 Å². The first-order chi connectivity index (χ1) is 15.6. The Hall–Kier alpha value is -3.04. The van der Waals surface area contributed by atoms with Gasteiger partial charge in [0.1, 0.15) is 11.5 Å². The number of aryl methyl sites for hydroxylation is 1. The van der Waals surface area contributed by atoms with Crippen LogP contribution in [-0.2, 0) is 17.0 Å². The van der Waals surface area contributed by atoms with Gasteiger partial charge in [-0.05, 0) is 55.7 Å². The molecule has 5 rings (SSSR count). The van der Waals surface area contributed by atoms with Crippen LogP contribution in [0.4, 0.5) is 4.39 Å². The number of hydrogen-bond donors (Lipinski definition) is 0. The number of ether oxygens (including phenoxy) is 1. The topological polar surface area (TPSA) is 74.3 Å². The van der Waals surface area contributed by atoms with E-state index in [-0.39, 0.29) is 17.5 Å². The summed E-state index contributed by atoms with van der Waals surface area (Å²) in [6.45, 7) is 3.32. The molecule has 4 aromatic rings. The second-order valence-electron chi connectivity index (χ2n) is 7.87. The molecule has 0 bridgehead atoms. The number of rotatable bonds is 6. The lowest BCUT2D eigenvalue weighted by molar-refractivity contribution is 0.0953. The molecule has 0 radical (unpaired) electrons. The molecule has 3 aromatic heterocycles. The van der Waals surface area contributed by atoms with Crippen molar-refractivity contribution in [3.8, 4) is 11.4 Å². The summed E-state index contributed by atoms with van der Waals surface area (Å²) in [5, 5.41) is 9.47. The van der Waals surface area contributed by atoms with Crippen LogP contribution < -0.4 is 5.56 Å². The van der Waals surface area contributed by atoms with Crippen LogP contribution in [0.15, 0.2) is 58.6 Å². The number of halogens is 1. The van der Waals surface area contributed by atoms with Gasteiger partial charge in [-0.1, -0.05) is 17.8 Å². The van der Waals surface area contributed by atoms with Gasteiger partial charge in [-0.15, -0.1) is 10.2 Å². The van der Waals surface area contributed by atoms with Gasteiger partial charge in [0.25, 0.3) is 5.56 Å². The maximum absolute atomic E-state index is 13.4. The Bertz CT molecular complexity index is 1310. The van der Waals surface area contributed by atoms with Crippen LogP contribution in [0.25, 0.3) is 17.0 Å². The van der Waals surface area contributed by atoms with E-state index < -0.39 is 0 Å². The van der Waals surface area contributed by atoms with Gasteiger partial charge < -0.3 is 4.74 Å². The van der Waals surface area contributed by atoms with E-state index in [1.165, 1.54) is 23.9 Å². The van der Waals surface area contributed by atoms with Gasteiger partial charge in [-0.3, -0.25) is 13.8 Å². The molecule has 1 aliphatic heterocycles. The standard InChI is InChI=1S/C23H22FN5O2S/c1-15-4-9-20-25-18(11-21(30)28(20)12-15)14-32-23-27-26-22(16-5-7-17(24)8-6-16)29(23)13-19-3-2-10-31-19/h4-9,11-12,19H,2-3,10,13-14H2,1H3/t19-/m0/s1. The molecule has 9 heteroatoms. The minimum absolute atomic E-state index is 0.0937. The van der Waals surface area contributed by atoms with Gasteiger partial charge in [-0.25, -0.2) is 9.37 Å². The zero-order valence-corrected chi connectivity index (χ0v) is 18.4. The number of benzene rings is 1. The highest BCUT2D eigenvalue weighted by molar-refractivity contribution is 7.98. The Morgan fingerprint density at radius 2 is 2.03 bits per heavy atom. The maximum atomic E-state index is 13.4. The van der Waals surface area contributed by atoms with E-state index in [1.54, 1.807) is 28.8 Å². The third-order valence-electron chi connectivity index (χ3n) is 5.44. The van der Waals surface area contributed by atoms with Crippen molar-refractivity contribution in [2.45, 2.75) is 43.3 Å². The molecule has 0 aliphatic carbocycles. The third-order valence-corrected chi connectivity index (χ3v) is 6.44. The third kappa shape index (κ3) is 4.31. The molecular formula is C23H22FN5O2S. The molecule has 0 amide bonds. The molecule has 32 heavy (non-hydrogen) atoms. The summed E-state index contributed by atoms with van der Waals surface area (Å²) in [6.07, 6.45) is 3.89. The minimum atomic E-state index is -0.294. The predicted molar refractivity (Wildman–Crippen MR) is 120 cm³/mol. The van der Waals surface area contributed by atoms with Crippen molar-refractivity contribution in [3.05, 3.63) is 76.1 Å². The lowest BCUT2D eigenvalue weighted by Crippen LogP contribution is -2.17. The van der Waals surface area contributed by atoms with E-state index >= 15 is 0 Å². The smallest absolute Gasteiger partial charge is 0.258 e. The van der Waals surface area contributed by atoms with Crippen LogP contribution in [0.5, 0.6) is 0 Å². The van der Waals surface area contributed by atoms with Crippen LogP contribution in [-0.4, -0.2) is 36.9 Å². The molecule has 1 aromatic carbocycles. The van der Waals surface area contributed by atoms with Crippen molar-refractivity contribution in [1.29, 1.82) is 0 Å². The second kappa shape index (κ2) is 8.84. The summed E-state index contributed by atoms with van der Waals surface area (Å²) in [6, 6.07) is 11.6. The predicted octanol–water partition coefficient (Wildman–Crippen LogP) is 3.87. The molecular weight excluding hydrogens is 429 g/mol. The fourth-order valence-corrected chi connectivity index (χ4v) is 4.68. The fraction of sp³-hybridized carbons (Fsp3) is 0.304. The Morgan fingerprint density at radius 1 is 1.19 bits per heavy atom. The highest BCUT2D eigenvalue weighted by Gasteiger charge is 2.22. The number of fused-ring (bicyclic) bond motifs is 1. The average molecular weight is 452 g/mol. The number of nitrogens with zero attached hydrogens (tertiary/aromatic N) is 5. The van der Waals surface area contributed by atoms with Crippen LogP contribution in [0, 0.1) is 12.7 Å². The quantitative estimate of drug-likeness (QED) is 0.414. The lowest BCUT2D eigenvalue weighted by atomic mass is 10.2. The van der Waals surface area contributed by atoms with Crippen LogP contribution in [0.1, 0.15) is 24.1 Å². The van der Waals surface area contributed by atoms with Gasteiger partial charge in [0.2, 0.25) is 0 Å². The summed E-state index contributed by atoms with van der Waals surface area (Å²) in [5.41, 5.74) is 2.98. The number of hydrogen-bond acceptors (Lipinski definition) is 6. The first kappa shape index (κ1) is 20.8. The molecule has 164 valence electrons. The van der Waals surface area contributed by atoms with Gasteiger partial charge >= 0.3 is 0 Å². The van der Waals surface area contributed by atoms with Crippen molar-refractivity contribution < 1.29 is 9.13 Å². The Morgan fingerprint density at radius 3 is 2.81 bits per heavy atom. The second-order valence-corrected chi connectivity index (χ2v) is 8.81.